The van der Waals surface area contributed by atoms with Crippen molar-refractivity contribution in [2.75, 3.05) is 0 Å². The molecule has 0 bridgehead atoms. The molecule has 0 aliphatic rings. The first-order valence-electron chi connectivity index (χ1n) is 6.54. The van der Waals surface area contributed by atoms with Gasteiger partial charge in [-0.25, -0.2) is 0 Å². The zero-order chi connectivity index (χ0) is 16.8. The zero-order valence-electron chi connectivity index (χ0n) is 11.6. The minimum Gasteiger partial charge on any atom is -0.382 e. The van der Waals surface area contributed by atoms with E-state index in [1.807, 2.05) is 0 Å². The summed E-state index contributed by atoms with van der Waals surface area (Å²) in [6.07, 6.45) is -2.89. The fourth-order valence-electron chi connectivity index (χ4n) is 2.33. The van der Waals surface area contributed by atoms with E-state index in [0.717, 1.165) is 12.1 Å². The second kappa shape index (κ2) is 5.01. The Morgan fingerprint density at radius 2 is 1.78 bits per heavy atom. The van der Waals surface area contributed by atoms with Gasteiger partial charge in [0.15, 0.2) is 0 Å². The second-order valence-corrected chi connectivity index (χ2v) is 4.96. The van der Waals surface area contributed by atoms with Crippen molar-refractivity contribution in [3.63, 3.8) is 0 Å². The number of benzene rings is 1. The predicted molar refractivity (Wildman–Crippen MR) is 79.5 cm³/mol. The van der Waals surface area contributed by atoms with E-state index in [0.29, 0.717) is 22.5 Å². The van der Waals surface area contributed by atoms with Gasteiger partial charge in [-0.3, -0.25) is 10.2 Å². The highest BCUT2D eigenvalue weighted by molar-refractivity contribution is 5.94. The summed E-state index contributed by atoms with van der Waals surface area (Å²) in [6.45, 7) is 0. The largest absolute Gasteiger partial charge is 0.416 e. The Morgan fingerprint density at radius 1 is 1.13 bits per heavy atom. The molecule has 2 aromatic heterocycles. The van der Waals surface area contributed by atoms with Gasteiger partial charge in [-0.15, -0.1) is 0 Å². The summed E-state index contributed by atoms with van der Waals surface area (Å²) in [5.41, 5.74) is 5.64. The first-order chi connectivity index (χ1) is 10.8. The van der Waals surface area contributed by atoms with Crippen molar-refractivity contribution in [3.8, 4) is 11.3 Å². The van der Waals surface area contributed by atoms with Gasteiger partial charge < -0.3 is 15.1 Å². The summed E-state index contributed by atoms with van der Waals surface area (Å²) in [7, 11) is 0. The van der Waals surface area contributed by atoms with E-state index in [9.17, 15) is 18.0 Å². The lowest BCUT2D eigenvalue weighted by Gasteiger charge is -2.09. The minimum atomic E-state index is -4.42. The number of halogens is 3. The number of aromatic nitrogens is 2. The SMILES string of the molecule is N=C(N)c1ccc2c(=O)[nH]c(-c3ccc(C(F)(F)F)cc3)cn12. The maximum atomic E-state index is 12.6. The molecule has 0 saturated carbocycles. The van der Waals surface area contributed by atoms with Gasteiger partial charge in [0, 0.05) is 6.20 Å². The lowest BCUT2D eigenvalue weighted by atomic mass is 10.1. The van der Waals surface area contributed by atoms with Crippen LogP contribution in [-0.4, -0.2) is 15.2 Å². The summed E-state index contributed by atoms with van der Waals surface area (Å²) in [5, 5.41) is 7.50. The Kier molecular flexibility index (Phi) is 3.24. The van der Waals surface area contributed by atoms with Crippen LogP contribution >= 0.6 is 0 Å². The molecule has 8 heteroatoms. The highest BCUT2D eigenvalue weighted by Crippen LogP contribution is 2.30. The number of fused-ring (bicyclic) bond motifs is 1. The molecule has 0 aliphatic heterocycles. The van der Waals surface area contributed by atoms with Crippen molar-refractivity contribution in [2.24, 2.45) is 5.73 Å². The number of alkyl halides is 3. The van der Waals surface area contributed by atoms with Gasteiger partial charge >= 0.3 is 6.18 Å². The Morgan fingerprint density at radius 3 is 2.35 bits per heavy atom. The van der Waals surface area contributed by atoms with Crippen molar-refractivity contribution < 1.29 is 13.2 Å². The number of nitrogens with one attached hydrogen (secondary N) is 2. The summed E-state index contributed by atoms with van der Waals surface area (Å²) in [4.78, 5) is 14.7. The fourth-order valence-corrected chi connectivity index (χ4v) is 2.33. The van der Waals surface area contributed by atoms with Crippen LogP contribution in [0.5, 0.6) is 0 Å². The zero-order valence-corrected chi connectivity index (χ0v) is 11.6. The van der Waals surface area contributed by atoms with Gasteiger partial charge in [-0.05, 0) is 29.8 Å². The Balaban J connectivity index is 2.15. The molecular weight excluding hydrogens is 309 g/mol. The topological polar surface area (TPSA) is 87.1 Å². The third-order valence-corrected chi connectivity index (χ3v) is 3.46. The van der Waals surface area contributed by atoms with Gasteiger partial charge in [-0.2, -0.15) is 13.2 Å². The number of rotatable bonds is 2. The molecule has 0 amide bonds. The Hall–Kier alpha value is -3.03. The van der Waals surface area contributed by atoms with E-state index < -0.39 is 17.3 Å². The average molecular weight is 320 g/mol. The number of H-pyrrole nitrogens is 1. The molecule has 0 spiro atoms. The van der Waals surface area contributed by atoms with Gasteiger partial charge in [0.05, 0.1) is 17.0 Å². The molecule has 3 aromatic rings. The van der Waals surface area contributed by atoms with Crippen LogP contribution in [0.2, 0.25) is 0 Å². The quantitative estimate of drug-likeness (QED) is 0.501. The lowest BCUT2D eigenvalue weighted by Crippen LogP contribution is -2.17. The molecular formula is C15H11F3N4O. The van der Waals surface area contributed by atoms with E-state index in [1.165, 1.54) is 34.9 Å². The molecule has 4 N–H and O–H groups in total. The number of nitrogens with zero attached hydrogens (tertiary/aromatic N) is 1. The van der Waals surface area contributed by atoms with Crippen LogP contribution < -0.4 is 11.3 Å². The van der Waals surface area contributed by atoms with Gasteiger partial charge in [0.25, 0.3) is 5.56 Å². The number of nitrogen functional groups attached to an aromatic ring is 1. The average Bonchev–Trinajstić information content (AvgIpc) is 2.91. The number of amidine groups is 1. The van der Waals surface area contributed by atoms with Gasteiger partial charge in [-0.1, -0.05) is 12.1 Å². The lowest BCUT2D eigenvalue weighted by molar-refractivity contribution is -0.137. The maximum Gasteiger partial charge on any atom is 0.416 e. The fraction of sp³-hybridized carbons (Fsp3) is 0.0667. The van der Waals surface area contributed by atoms with Crippen LogP contribution in [0.4, 0.5) is 13.2 Å². The van der Waals surface area contributed by atoms with Gasteiger partial charge in [0.2, 0.25) is 0 Å². The number of aromatic amines is 1. The molecule has 0 unspecified atom stereocenters. The highest BCUT2D eigenvalue weighted by atomic mass is 19.4. The van der Waals surface area contributed by atoms with E-state index in [-0.39, 0.29) is 5.84 Å². The van der Waals surface area contributed by atoms with Crippen LogP contribution in [-0.2, 0) is 6.18 Å². The summed E-state index contributed by atoms with van der Waals surface area (Å²) < 4.78 is 39.2. The Bertz CT molecular complexity index is 951. The van der Waals surface area contributed by atoms with E-state index in [2.05, 4.69) is 4.98 Å². The monoisotopic (exact) mass is 320 g/mol. The van der Waals surface area contributed by atoms with E-state index in [4.69, 9.17) is 11.1 Å². The molecule has 5 nitrogen and oxygen atoms in total. The highest BCUT2D eigenvalue weighted by Gasteiger charge is 2.30. The van der Waals surface area contributed by atoms with E-state index in [1.54, 1.807) is 0 Å². The van der Waals surface area contributed by atoms with Crippen molar-refractivity contribution in [1.82, 2.24) is 9.38 Å². The third kappa shape index (κ3) is 2.59. The molecule has 1 aromatic carbocycles. The van der Waals surface area contributed by atoms with Crippen molar-refractivity contribution >= 4 is 11.4 Å². The summed E-state index contributed by atoms with van der Waals surface area (Å²) in [5.74, 6) is -0.214. The number of nitrogens with two attached hydrogens (primary N) is 1. The molecule has 23 heavy (non-hydrogen) atoms. The second-order valence-electron chi connectivity index (χ2n) is 4.96. The van der Waals surface area contributed by atoms with Crippen LogP contribution in [0, 0.1) is 5.41 Å². The molecule has 3 rings (SSSR count). The Labute approximate surface area is 127 Å². The number of hydrogen-bond donors (Lipinski definition) is 3. The molecule has 0 atom stereocenters. The molecule has 118 valence electrons. The molecule has 0 aliphatic carbocycles. The van der Waals surface area contributed by atoms with Crippen LogP contribution in [0.15, 0.2) is 47.4 Å². The van der Waals surface area contributed by atoms with Crippen LogP contribution in [0.3, 0.4) is 0 Å². The molecule has 0 radical (unpaired) electrons. The minimum absolute atomic E-state index is 0.214. The summed E-state index contributed by atoms with van der Waals surface area (Å²) >= 11 is 0. The van der Waals surface area contributed by atoms with E-state index >= 15 is 0 Å². The summed E-state index contributed by atoms with van der Waals surface area (Å²) in [6, 6.07) is 7.49. The van der Waals surface area contributed by atoms with Gasteiger partial charge in [0.1, 0.15) is 11.4 Å². The smallest absolute Gasteiger partial charge is 0.382 e. The number of hydrogen-bond acceptors (Lipinski definition) is 2. The standard InChI is InChI=1S/C15H11F3N4O/c16-15(17,18)9-3-1-8(2-4-9)10-7-22-11(13(19)20)5-6-12(22)14(23)21-10/h1-7H,(H3,19,20)(H,21,23). The first kappa shape index (κ1) is 14.9. The molecule has 2 heterocycles. The van der Waals surface area contributed by atoms with Crippen LogP contribution in [0.25, 0.3) is 16.8 Å². The first-order valence-corrected chi connectivity index (χ1v) is 6.54. The van der Waals surface area contributed by atoms with Crippen molar-refractivity contribution in [2.45, 2.75) is 6.18 Å². The van der Waals surface area contributed by atoms with Crippen molar-refractivity contribution in [1.29, 1.82) is 5.41 Å². The normalized spacial score (nSPS) is 11.8. The third-order valence-electron chi connectivity index (χ3n) is 3.46. The maximum absolute atomic E-state index is 12.6. The molecule has 0 fully saturated rings. The predicted octanol–water partition coefficient (Wildman–Crippen LogP) is 2.60. The van der Waals surface area contributed by atoms with Crippen molar-refractivity contribution in [3.05, 3.63) is 64.2 Å². The van der Waals surface area contributed by atoms with Crippen LogP contribution in [0.1, 0.15) is 11.3 Å². The molecule has 0 saturated heterocycles.